The maximum absolute atomic E-state index is 4.64. The van der Waals surface area contributed by atoms with Crippen LogP contribution in [-0.2, 0) is 13.1 Å². The summed E-state index contributed by atoms with van der Waals surface area (Å²) in [6, 6.07) is 11.4. The zero-order valence-electron chi connectivity index (χ0n) is 13.0. The minimum Gasteiger partial charge on any atom is -0.310 e. The van der Waals surface area contributed by atoms with E-state index in [1.54, 1.807) is 0 Å². The summed E-state index contributed by atoms with van der Waals surface area (Å²) in [7, 11) is 0. The van der Waals surface area contributed by atoms with E-state index in [1.165, 1.54) is 29.7 Å². The lowest BCUT2D eigenvalue weighted by Crippen LogP contribution is -2.16. The second-order valence-corrected chi connectivity index (χ2v) is 6.45. The molecule has 1 aromatic carbocycles. The number of nitrogens with zero attached hydrogens (tertiary/aromatic N) is 2. The molecule has 1 aliphatic rings. The van der Waals surface area contributed by atoms with E-state index in [0.29, 0.717) is 5.92 Å². The number of rotatable bonds is 7. The molecule has 0 saturated heterocycles. The quantitative estimate of drug-likeness (QED) is 0.836. The number of aromatic nitrogens is 2. The van der Waals surface area contributed by atoms with Crippen LogP contribution in [0.4, 0.5) is 0 Å². The highest BCUT2D eigenvalue weighted by Gasteiger charge is 2.21. The highest BCUT2D eigenvalue weighted by Crippen LogP contribution is 2.26. The molecule has 1 saturated carbocycles. The molecule has 0 radical (unpaired) electrons. The highest BCUT2D eigenvalue weighted by atomic mass is 15.3. The number of hydrogen-bond acceptors (Lipinski definition) is 2. The Hall–Kier alpha value is -1.61. The van der Waals surface area contributed by atoms with Crippen LogP contribution in [0.5, 0.6) is 0 Å². The second-order valence-electron chi connectivity index (χ2n) is 6.45. The summed E-state index contributed by atoms with van der Waals surface area (Å²) in [5, 5.41) is 8.25. The van der Waals surface area contributed by atoms with Crippen molar-refractivity contribution >= 4 is 0 Å². The van der Waals surface area contributed by atoms with E-state index in [9.17, 15) is 0 Å². The van der Waals surface area contributed by atoms with Crippen LogP contribution in [0.3, 0.4) is 0 Å². The molecule has 1 aliphatic carbocycles. The molecule has 2 aromatic rings. The molecule has 112 valence electrons. The van der Waals surface area contributed by atoms with Gasteiger partial charge in [-0.25, -0.2) is 0 Å². The van der Waals surface area contributed by atoms with Gasteiger partial charge in [0.05, 0.1) is 11.9 Å². The second kappa shape index (κ2) is 6.44. The van der Waals surface area contributed by atoms with Crippen molar-refractivity contribution in [1.82, 2.24) is 15.1 Å². The van der Waals surface area contributed by atoms with Crippen LogP contribution in [0.1, 0.15) is 38.7 Å². The third-order valence-corrected chi connectivity index (χ3v) is 4.04. The molecule has 1 aromatic heterocycles. The third kappa shape index (κ3) is 3.73. The van der Waals surface area contributed by atoms with Crippen LogP contribution < -0.4 is 5.32 Å². The van der Waals surface area contributed by atoms with Crippen molar-refractivity contribution in [2.75, 3.05) is 0 Å². The Bertz CT molecular complexity index is 544. The van der Waals surface area contributed by atoms with E-state index in [2.05, 4.69) is 59.3 Å². The minimum absolute atomic E-state index is 0.700. The van der Waals surface area contributed by atoms with E-state index in [1.807, 2.05) is 6.20 Å². The summed E-state index contributed by atoms with van der Waals surface area (Å²) in [6.07, 6.45) is 5.85. The van der Waals surface area contributed by atoms with Gasteiger partial charge < -0.3 is 5.32 Å². The summed E-state index contributed by atoms with van der Waals surface area (Å²) in [6.45, 7) is 6.45. The van der Waals surface area contributed by atoms with Crippen LogP contribution in [0.25, 0.3) is 11.3 Å². The molecule has 0 unspecified atom stereocenters. The van der Waals surface area contributed by atoms with Gasteiger partial charge in [-0.05, 0) is 25.2 Å². The van der Waals surface area contributed by atoms with Crippen LogP contribution >= 0.6 is 0 Å². The van der Waals surface area contributed by atoms with Gasteiger partial charge in [0.25, 0.3) is 0 Å². The summed E-state index contributed by atoms with van der Waals surface area (Å²) < 4.78 is 2.18. The fraction of sp³-hybridized carbons (Fsp3) is 0.500. The smallest absolute Gasteiger partial charge is 0.0727 e. The van der Waals surface area contributed by atoms with E-state index < -0.39 is 0 Å². The largest absolute Gasteiger partial charge is 0.310 e. The number of aryl methyl sites for hydroxylation is 1. The summed E-state index contributed by atoms with van der Waals surface area (Å²) in [5.74, 6) is 0.700. The fourth-order valence-electron chi connectivity index (χ4n) is 2.58. The fourth-order valence-corrected chi connectivity index (χ4v) is 2.58. The molecule has 1 fully saturated rings. The molecule has 1 N–H and O–H groups in total. The van der Waals surface area contributed by atoms with Crippen LogP contribution in [0, 0.1) is 5.92 Å². The van der Waals surface area contributed by atoms with Gasteiger partial charge in [0.1, 0.15) is 0 Å². The van der Waals surface area contributed by atoms with Gasteiger partial charge in [0.2, 0.25) is 0 Å². The first-order chi connectivity index (χ1) is 10.2. The Kier molecular flexibility index (Phi) is 4.39. The average molecular weight is 283 g/mol. The van der Waals surface area contributed by atoms with Crippen molar-refractivity contribution in [3.05, 3.63) is 42.1 Å². The first kappa shape index (κ1) is 14.3. The third-order valence-electron chi connectivity index (χ3n) is 4.04. The van der Waals surface area contributed by atoms with Crippen LogP contribution in [0.15, 0.2) is 36.5 Å². The average Bonchev–Trinajstić information content (AvgIpc) is 3.23. The maximum Gasteiger partial charge on any atom is 0.0727 e. The summed E-state index contributed by atoms with van der Waals surface area (Å²) in [5.41, 5.74) is 3.87. The van der Waals surface area contributed by atoms with Gasteiger partial charge in [-0.2, -0.15) is 5.10 Å². The lowest BCUT2D eigenvalue weighted by molar-refractivity contribution is 0.490. The Morgan fingerprint density at radius 3 is 2.67 bits per heavy atom. The Balaban J connectivity index is 1.84. The Labute approximate surface area is 127 Å². The Morgan fingerprint density at radius 2 is 2.00 bits per heavy atom. The number of hydrogen-bond donors (Lipinski definition) is 1. The van der Waals surface area contributed by atoms with Gasteiger partial charge in [0.15, 0.2) is 0 Å². The van der Waals surface area contributed by atoms with Crippen molar-refractivity contribution < 1.29 is 0 Å². The number of nitrogens with one attached hydrogen (secondary N) is 1. The predicted octanol–water partition coefficient (Wildman–Crippen LogP) is 3.85. The lowest BCUT2D eigenvalue weighted by Gasteiger charge is -2.12. The molecule has 3 rings (SSSR count). The van der Waals surface area contributed by atoms with Gasteiger partial charge in [-0.1, -0.05) is 44.2 Å². The zero-order chi connectivity index (χ0) is 14.7. The normalized spacial score (nSPS) is 14.8. The van der Waals surface area contributed by atoms with Gasteiger partial charge in [-0.3, -0.25) is 4.68 Å². The first-order valence-electron chi connectivity index (χ1n) is 8.07. The van der Waals surface area contributed by atoms with Crippen molar-refractivity contribution in [1.29, 1.82) is 0 Å². The molecule has 0 atom stereocenters. The van der Waals surface area contributed by atoms with Crippen molar-refractivity contribution in [2.24, 2.45) is 5.92 Å². The van der Waals surface area contributed by atoms with Gasteiger partial charge in [0, 0.05) is 30.3 Å². The highest BCUT2D eigenvalue weighted by molar-refractivity contribution is 5.63. The standard InChI is InChI=1S/C18H25N3/c1-14(2)10-11-21-18(15-6-4-3-5-7-15)16(13-20-21)12-19-17-8-9-17/h3-7,13-14,17,19H,8-12H2,1-2H3. The maximum atomic E-state index is 4.64. The molecular formula is C18H25N3. The molecule has 1 heterocycles. The van der Waals surface area contributed by atoms with E-state index in [0.717, 1.165) is 25.6 Å². The molecule has 0 aliphatic heterocycles. The molecular weight excluding hydrogens is 258 g/mol. The summed E-state index contributed by atoms with van der Waals surface area (Å²) in [4.78, 5) is 0. The Morgan fingerprint density at radius 1 is 1.24 bits per heavy atom. The molecule has 21 heavy (non-hydrogen) atoms. The lowest BCUT2D eigenvalue weighted by atomic mass is 10.1. The molecule has 0 amide bonds. The van der Waals surface area contributed by atoms with Crippen LogP contribution in [0.2, 0.25) is 0 Å². The first-order valence-corrected chi connectivity index (χ1v) is 8.07. The molecule has 3 heteroatoms. The minimum atomic E-state index is 0.700. The molecule has 3 nitrogen and oxygen atoms in total. The van der Waals surface area contributed by atoms with Crippen molar-refractivity contribution in [3.8, 4) is 11.3 Å². The van der Waals surface area contributed by atoms with Crippen molar-refractivity contribution in [3.63, 3.8) is 0 Å². The molecule has 0 spiro atoms. The monoisotopic (exact) mass is 283 g/mol. The zero-order valence-corrected chi connectivity index (χ0v) is 13.0. The summed E-state index contributed by atoms with van der Waals surface area (Å²) >= 11 is 0. The predicted molar refractivity (Wildman–Crippen MR) is 87.0 cm³/mol. The van der Waals surface area contributed by atoms with E-state index in [4.69, 9.17) is 0 Å². The topological polar surface area (TPSA) is 29.9 Å². The van der Waals surface area contributed by atoms with Gasteiger partial charge >= 0.3 is 0 Å². The van der Waals surface area contributed by atoms with Crippen molar-refractivity contribution in [2.45, 2.75) is 52.2 Å². The van der Waals surface area contributed by atoms with E-state index in [-0.39, 0.29) is 0 Å². The van der Waals surface area contributed by atoms with E-state index >= 15 is 0 Å². The SMILES string of the molecule is CC(C)CCn1ncc(CNC2CC2)c1-c1ccccc1. The number of benzene rings is 1. The van der Waals surface area contributed by atoms with Gasteiger partial charge in [-0.15, -0.1) is 0 Å². The van der Waals surface area contributed by atoms with Crippen LogP contribution in [-0.4, -0.2) is 15.8 Å². The molecule has 0 bridgehead atoms.